The predicted octanol–water partition coefficient (Wildman–Crippen LogP) is 5.41. The molecule has 2 heterocycles. The third-order valence-electron chi connectivity index (χ3n) is 6.10. The molecule has 4 rings (SSSR count). The summed E-state index contributed by atoms with van der Waals surface area (Å²) in [6, 6.07) is 8.57. The number of para-hydroxylation sites is 1. The molecule has 0 aliphatic heterocycles. The van der Waals surface area contributed by atoms with Crippen molar-refractivity contribution in [1.29, 1.82) is 0 Å². The van der Waals surface area contributed by atoms with Crippen LogP contribution in [-0.4, -0.2) is 42.7 Å². The van der Waals surface area contributed by atoms with Crippen molar-refractivity contribution in [3.63, 3.8) is 0 Å². The van der Waals surface area contributed by atoms with Crippen LogP contribution in [0.1, 0.15) is 37.2 Å². The van der Waals surface area contributed by atoms with Gasteiger partial charge < -0.3 is 25.3 Å². The highest BCUT2D eigenvalue weighted by molar-refractivity contribution is 5.90. The number of hydrogen-bond acceptors (Lipinski definition) is 6. The van der Waals surface area contributed by atoms with Crippen LogP contribution < -0.4 is 20.9 Å². The Labute approximate surface area is 201 Å². The van der Waals surface area contributed by atoms with Gasteiger partial charge >= 0.3 is 12.2 Å². The van der Waals surface area contributed by atoms with Crippen LogP contribution in [0.5, 0.6) is 0 Å². The Bertz CT molecular complexity index is 1190. The Morgan fingerprint density at radius 1 is 1.14 bits per heavy atom. The van der Waals surface area contributed by atoms with E-state index in [-0.39, 0.29) is 23.4 Å². The van der Waals surface area contributed by atoms with Crippen LogP contribution in [0.15, 0.2) is 34.7 Å². The minimum atomic E-state index is -4.68. The van der Waals surface area contributed by atoms with Gasteiger partial charge in [-0.3, -0.25) is 0 Å². The molecule has 0 bridgehead atoms. The predicted molar refractivity (Wildman–Crippen MR) is 129 cm³/mol. The average molecular weight is 491 g/mol. The normalized spacial score (nSPS) is 18.3. The van der Waals surface area contributed by atoms with Gasteiger partial charge in [-0.1, -0.05) is 12.1 Å². The van der Waals surface area contributed by atoms with Crippen LogP contribution in [-0.2, 0) is 6.18 Å². The first-order valence-electron chi connectivity index (χ1n) is 11.5. The number of anilines is 3. The fourth-order valence-corrected chi connectivity index (χ4v) is 4.38. The SMILES string of the molecule is Cc1cc(NC(=O)NC[C@H]2CC[C@@H](Nc3nc(N(C)C)c4ccccc4n3)CC2)c(C(F)(F)F)o1. The molecule has 1 aliphatic rings. The molecule has 1 aliphatic carbocycles. The Hall–Kier alpha value is -3.50. The van der Waals surface area contributed by atoms with Crippen molar-refractivity contribution in [3.05, 3.63) is 41.9 Å². The Morgan fingerprint density at radius 3 is 2.54 bits per heavy atom. The highest BCUT2D eigenvalue weighted by Gasteiger charge is 2.38. The van der Waals surface area contributed by atoms with E-state index in [1.807, 2.05) is 43.3 Å². The highest BCUT2D eigenvalue weighted by atomic mass is 19.4. The first-order valence-corrected chi connectivity index (χ1v) is 11.5. The zero-order valence-corrected chi connectivity index (χ0v) is 19.9. The summed E-state index contributed by atoms with van der Waals surface area (Å²) in [5.41, 5.74) is 0.493. The number of hydrogen-bond donors (Lipinski definition) is 3. The summed E-state index contributed by atoms with van der Waals surface area (Å²) in [7, 11) is 3.90. The Kier molecular flexibility index (Phi) is 7.04. The molecule has 11 heteroatoms. The van der Waals surface area contributed by atoms with Crippen molar-refractivity contribution in [2.75, 3.05) is 36.2 Å². The van der Waals surface area contributed by atoms with Gasteiger partial charge in [0.25, 0.3) is 0 Å². The van der Waals surface area contributed by atoms with Gasteiger partial charge in [0.15, 0.2) is 0 Å². The zero-order chi connectivity index (χ0) is 25.2. The maximum Gasteiger partial charge on any atom is 0.451 e. The number of amides is 2. The second-order valence-corrected chi connectivity index (χ2v) is 9.08. The number of aryl methyl sites for hydroxylation is 1. The van der Waals surface area contributed by atoms with Crippen molar-refractivity contribution in [2.45, 2.75) is 44.8 Å². The fraction of sp³-hybridized carbons (Fsp3) is 0.458. The third kappa shape index (κ3) is 5.95. The van der Waals surface area contributed by atoms with Crippen molar-refractivity contribution >= 4 is 34.4 Å². The van der Waals surface area contributed by atoms with Gasteiger partial charge in [0, 0.05) is 38.1 Å². The summed E-state index contributed by atoms with van der Waals surface area (Å²) in [6.07, 6.45) is -1.19. The van der Waals surface area contributed by atoms with Gasteiger partial charge in [-0.15, -0.1) is 0 Å². The molecule has 0 unspecified atom stereocenters. The van der Waals surface area contributed by atoms with Crippen molar-refractivity contribution in [1.82, 2.24) is 15.3 Å². The number of fused-ring (bicyclic) bond motifs is 1. The van der Waals surface area contributed by atoms with Gasteiger partial charge in [0.2, 0.25) is 11.7 Å². The van der Waals surface area contributed by atoms with E-state index in [1.54, 1.807) is 0 Å². The van der Waals surface area contributed by atoms with Crippen molar-refractivity contribution in [3.8, 4) is 0 Å². The molecule has 0 saturated heterocycles. The number of rotatable bonds is 6. The van der Waals surface area contributed by atoms with Crippen molar-refractivity contribution in [2.24, 2.45) is 5.92 Å². The van der Waals surface area contributed by atoms with Crippen LogP contribution in [0.3, 0.4) is 0 Å². The van der Waals surface area contributed by atoms with E-state index < -0.39 is 18.0 Å². The quantitative estimate of drug-likeness (QED) is 0.428. The van der Waals surface area contributed by atoms with Crippen LogP contribution in [0, 0.1) is 12.8 Å². The summed E-state index contributed by atoms with van der Waals surface area (Å²) < 4.78 is 43.8. The second kappa shape index (κ2) is 10.0. The van der Waals surface area contributed by atoms with Crippen LogP contribution in [0.4, 0.5) is 35.4 Å². The van der Waals surface area contributed by atoms with E-state index in [0.717, 1.165) is 48.5 Å². The van der Waals surface area contributed by atoms with Crippen LogP contribution >= 0.6 is 0 Å². The number of benzene rings is 1. The lowest BCUT2D eigenvalue weighted by atomic mass is 9.86. The molecule has 2 aromatic heterocycles. The van der Waals surface area contributed by atoms with Crippen LogP contribution in [0.2, 0.25) is 0 Å². The van der Waals surface area contributed by atoms with E-state index >= 15 is 0 Å². The highest BCUT2D eigenvalue weighted by Crippen LogP contribution is 2.37. The van der Waals surface area contributed by atoms with E-state index in [1.165, 1.54) is 6.92 Å². The molecule has 35 heavy (non-hydrogen) atoms. The topological polar surface area (TPSA) is 95.3 Å². The fourth-order valence-electron chi connectivity index (χ4n) is 4.38. The molecule has 1 fully saturated rings. The largest absolute Gasteiger partial charge is 0.455 e. The van der Waals surface area contributed by atoms with Gasteiger partial charge in [-0.25, -0.2) is 9.78 Å². The van der Waals surface area contributed by atoms with E-state index in [9.17, 15) is 18.0 Å². The molecule has 0 atom stereocenters. The molecule has 188 valence electrons. The molecular weight excluding hydrogens is 461 g/mol. The number of halogens is 3. The number of furan rings is 1. The summed E-state index contributed by atoms with van der Waals surface area (Å²) in [6.45, 7) is 1.78. The lowest BCUT2D eigenvalue weighted by Gasteiger charge is -2.29. The number of carbonyl (C=O) groups excluding carboxylic acids is 1. The number of alkyl halides is 3. The van der Waals surface area contributed by atoms with E-state index in [0.29, 0.717) is 12.5 Å². The molecule has 3 N–H and O–H groups in total. The lowest BCUT2D eigenvalue weighted by Crippen LogP contribution is -2.36. The van der Waals surface area contributed by atoms with Gasteiger partial charge in [0.1, 0.15) is 11.6 Å². The number of urea groups is 1. The average Bonchev–Trinajstić information content (AvgIpc) is 3.18. The molecule has 0 spiro atoms. The third-order valence-corrected chi connectivity index (χ3v) is 6.10. The standard InChI is InChI=1S/C24H29F3N6O2/c1-14-12-19(20(35-14)24(25,26)27)31-23(34)28-13-15-8-10-16(11-9-15)29-22-30-18-7-5-4-6-17(18)21(32-22)33(2)3/h4-7,12,15-16H,8-11,13H2,1-3H3,(H2,28,31,34)(H,29,30,32)/t15-,16+. The van der Waals surface area contributed by atoms with Crippen molar-refractivity contribution < 1.29 is 22.4 Å². The van der Waals surface area contributed by atoms with Gasteiger partial charge in [-0.05, 0) is 50.7 Å². The number of nitrogens with one attached hydrogen (secondary N) is 3. The summed E-state index contributed by atoms with van der Waals surface area (Å²) >= 11 is 0. The Morgan fingerprint density at radius 2 is 1.86 bits per heavy atom. The van der Waals surface area contributed by atoms with Crippen LogP contribution in [0.25, 0.3) is 10.9 Å². The Balaban J connectivity index is 1.28. The monoisotopic (exact) mass is 490 g/mol. The molecule has 3 aromatic rings. The molecule has 1 saturated carbocycles. The smallest absolute Gasteiger partial charge is 0.451 e. The lowest BCUT2D eigenvalue weighted by molar-refractivity contribution is -0.152. The molecule has 2 amide bonds. The van der Waals surface area contributed by atoms with E-state index in [2.05, 4.69) is 25.9 Å². The number of aromatic nitrogens is 2. The van der Waals surface area contributed by atoms with Gasteiger partial charge in [0.05, 0.1) is 11.2 Å². The first-order chi connectivity index (χ1) is 16.6. The molecule has 1 aromatic carbocycles. The number of carbonyl (C=O) groups is 1. The summed E-state index contributed by atoms with van der Waals surface area (Å²) in [5.74, 6) is 0.547. The molecule has 8 nitrogen and oxygen atoms in total. The molecular formula is C24H29F3N6O2. The zero-order valence-electron chi connectivity index (χ0n) is 19.9. The minimum Gasteiger partial charge on any atom is -0.455 e. The summed E-state index contributed by atoms with van der Waals surface area (Å²) in [5, 5.41) is 9.37. The first kappa shape index (κ1) is 24.6. The van der Waals surface area contributed by atoms with E-state index in [4.69, 9.17) is 4.42 Å². The maximum absolute atomic E-state index is 13.0. The maximum atomic E-state index is 13.0. The second-order valence-electron chi connectivity index (χ2n) is 9.08. The number of nitrogens with zero attached hydrogens (tertiary/aromatic N) is 3. The molecule has 0 radical (unpaired) electrons. The van der Waals surface area contributed by atoms with Gasteiger partial charge in [-0.2, -0.15) is 18.2 Å². The summed E-state index contributed by atoms with van der Waals surface area (Å²) in [4.78, 5) is 23.5. The minimum absolute atomic E-state index is 0.0755.